The first kappa shape index (κ1) is 17.9. The smallest absolute Gasteiger partial charge is 0.255 e. The molecule has 5 heteroatoms. The highest BCUT2D eigenvalue weighted by molar-refractivity contribution is 5.86. The Balaban J connectivity index is 2.13. The van der Waals surface area contributed by atoms with Gasteiger partial charge in [-0.15, -0.1) is 0 Å². The van der Waals surface area contributed by atoms with E-state index in [0.29, 0.717) is 19.7 Å². The van der Waals surface area contributed by atoms with Crippen LogP contribution in [0, 0.1) is 0 Å². The topological polar surface area (TPSA) is 59.0 Å². The van der Waals surface area contributed by atoms with Crippen LogP contribution in [0.15, 0.2) is 30.3 Å². The van der Waals surface area contributed by atoms with Crippen LogP contribution in [0.2, 0.25) is 0 Å². The molecular weight excluding hydrogens is 294 g/mol. The first-order valence-corrected chi connectivity index (χ1v) is 8.07. The van der Waals surface area contributed by atoms with Gasteiger partial charge in [0, 0.05) is 26.1 Å². The van der Waals surface area contributed by atoms with Gasteiger partial charge in [0.2, 0.25) is 0 Å². The summed E-state index contributed by atoms with van der Waals surface area (Å²) in [5, 5.41) is 10.9. The zero-order chi connectivity index (χ0) is 17.0. The maximum absolute atomic E-state index is 12.9. The number of rotatable bonds is 5. The van der Waals surface area contributed by atoms with E-state index in [9.17, 15) is 9.90 Å². The van der Waals surface area contributed by atoms with E-state index < -0.39 is 5.60 Å². The highest BCUT2D eigenvalue weighted by Gasteiger charge is 2.42. The van der Waals surface area contributed by atoms with Crippen molar-refractivity contribution in [3.63, 3.8) is 0 Å². The molecule has 1 aromatic rings. The average Bonchev–Trinajstić information content (AvgIpc) is 2.54. The van der Waals surface area contributed by atoms with Crippen LogP contribution in [0.5, 0.6) is 0 Å². The molecule has 2 rings (SSSR count). The van der Waals surface area contributed by atoms with E-state index in [4.69, 9.17) is 9.47 Å². The molecule has 0 saturated carbocycles. The van der Waals surface area contributed by atoms with Gasteiger partial charge >= 0.3 is 0 Å². The largest absolute Gasteiger partial charge is 0.382 e. The predicted octanol–water partition coefficient (Wildman–Crippen LogP) is 1.80. The van der Waals surface area contributed by atoms with E-state index in [1.165, 1.54) is 0 Å². The molecule has 1 fully saturated rings. The van der Waals surface area contributed by atoms with Crippen molar-refractivity contribution in [1.29, 1.82) is 0 Å². The number of methoxy groups -OCH3 is 1. The second kappa shape index (κ2) is 7.43. The highest BCUT2D eigenvalue weighted by Crippen LogP contribution is 2.30. The quantitative estimate of drug-likeness (QED) is 0.898. The van der Waals surface area contributed by atoms with Crippen molar-refractivity contribution in [2.45, 2.75) is 44.5 Å². The summed E-state index contributed by atoms with van der Waals surface area (Å²) in [7, 11) is 1.61. The molecule has 128 valence electrons. The molecule has 4 atom stereocenters. The molecule has 0 spiro atoms. The molecule has 0 aromatic heterocycles. The Kier molecular flexibility index (Phi) is 5.79. The van der Waals surface area contributed by atoms with Crippen LogP contribution in [0.3, 0.4) is 0 Å². The zero-order valence-electron chi connectivity index (χ0n) is 14.4. The molecule has 1 saturated heterocycles. The summed E-state index contributed by atoms with van der Waals surface area (Å²) >= 11 is 0. The molecule has 1 N–H and O–H groups in total. The van der Waals surface area contributed by atoms with Gasteiger partial charge in [0.05, 0.1) is 18.8 Å². The van der Waals surface area contributed by atoms with Crippen molar-refractivity contribution in [3.05, 3.63) is 35.9 Å². The molecule has 23 heavy (non-hydrogen) atoms. The van der Waals surface area contributed by atoms with Gasteiger partial charge in [-0.2, -0.15) is 0 Å². The lowest BCUT2D eigenvalue weighted by atomic mass is 9.83. The fourth-order valence-corrected chi connectivity index (χ4v) is 3.06. The van der Waals surface area contributed by atoms with E-state index in [-0.39, 0.29) is 24.0 Å². The van der Waals surface area contributed by atoms with Crippen molar-refractivity contribution in [2.75, 3.05) is 26.8 Å². The SMILES string of the molecule is COCC1CN(C(=O)C(C)(O)C(C)c2ccccc2)CC(C)O1. The second-order valence-corrected chi connectivity index (χ2v) is 6.51. The standard InChI is InChI=1S/C18H27NO4/c1-13-10-19(11-16(23-13)12-22-4)17(20)18(3,21)14(2)15-8-6-5-7-9-15/h5-9,13-14,16,21H,10-12H2,1-4H3. The minimum absolute atomic E-state index is 0.0734. The number of benzene rings is 1. The third kappa shape index (κ3) is 4.10. The van der Waals surface area contributed by atoms with Gasteiger partial charge in [0.25, 0.3) is 5.91 Å². The number of carbonyl (C=O) groups is 1. The Hall–Kier alpha value is -1.43. The van der Waals surface area contributed by atoms with E-state index >= 15 is 0 Å². The molecule has 1 aromatic carbocycles. The summed E-state index contributed by atoms with van der Waals surface area (Å²) in [4.78, 5) is 14.6. The third-order valence-electron chi connectivity index (χ3n) is 4.54. The van der Waals surface area contributed by atoms with Crippen LogP contribution >= 0.6 is 0 Å². The average molecular weight is 321 g/mol. The van der Waals surface area contributed by atoms with Crippen LogP contribution in [-0.4, -0.2) is 60.5 Å². The van der Waals surface area contributed by atoms with Crippen LogP contribution in [0.1, 0.15) is 32.3 Å². The Bertz CT molecular complexity index is 517. The van der Waals surface area contributed by atoms with Crippen molar-refractivity contribution in [3.8, 4) is 0 Å². The van der Waals surface area contributed by atoms with Gasteiger partial charge in [0.1, 0.15) is 5.60 Å². The molecule has 1 aliphatic rings. The monoisotopic (exact) mass is 321 g/mol. The number of morpholine rings is 1. The molecule has 0 bridgehead atoms. The molecule has 1 aliphatic heterocycles. The van der Waals surface area contributed by atoms with Crippen LogP contribution < -0.4 is 0 Å². The summed E-state index contributed by atoms with van der Waals surface area (Å²) in [6.07, 6.45) is -0.230. The summed E-state index contributed by atoms with van der Waals surface area (Å²) < 4.78 is 10.9. The second-order valence-electron chi connectivity index (χ2n) is 6.51. The number of amides is 1. The maximum atomic E-state index is 12.9. The van der Waals surface area contributed by atoms with Gasteiger partial charge in [0.15, 0.2) is 0 Å². The fraction of sp³-hybridized carbons (Fsp3) is 0.611. The molecule has 0 radical (unpaired) electrons. The molecule has 5 nitrogen and oxygen atoms in total. The predicted molar refractivity (Wildman–Crippen MR) is 88.3 cm³/mol. The van der Waals surface area contributed by atoms with Gasteiger partial charge in [-0.25, -0.2) is 0 Å². The zero-order valence-corrected chi connectivity index (χ0v) is 14.4. The molecule has 0 aliphatic carbocycles. The van der Waals surface area contributed by atoms with Gasteiger partial charge in [-0.05, 0) is 19.4 Å². The number of nitrogens with zero attached hydrogens (tertiary/aromatic N) is 1. The lowest BCUT2D eigenvalue weighted by Crippen LogP contribution is -2.57. The first-order chi connectivity index (χ1) is 10.9. The maximum Gasteiger partial charge on any atom is 0.255 e. The lowest BCUT2D eigenvalue weighted by molar-refractivity contribution is -0.166. The van der Waals surface area contributed by atoms with E-state index in [1.54, 1.807) is 18.9 Å². The molecule has 1 amide bonds. The Labute approximate surface area is 138 Å². The van der Waals surface area contributed by atoms with Gasteiger partial charge in [-0.1, -0.05) is 37.3 Å². The summed E-state index contributed by atoms with van der Waals surface area (Å²) in [6, 6.07) is 9.62. The van der Waals surface area contributed by atoms with E-state index in [2.05, 4.69) is 0 Å². The fourth-order valence-electron chi connectivity index (χ4n) is 3.06. The molecule has 1 heterocycles. The highest BCUT2D eigenvalue weighted by atomic mass is 16.5. The van der Waals surface area contributed by atoms with E-state index in [1.807, 2.05) is 44.2 Å². The van der Waals surface area contributed by atoms with Crippen molar-refractivity contribution >= 4 is 5.91 Å². The number of aliphatic hydroxyl groups is 1. The van der Waals surface area contributed by atoms with Crippen LogP contribution in [0.4, 0.5) is 0 Å². The summed E-state index contributed by atoms with van der Waals surface area (Å²) in [5.74, 6) is -0.555. The normalized spacial score (nSPS) is 25.7. The van der Waals surface area contributed by atoms with Crippen molar-refractivity contribution < 1.29 is 19.4 Å². The first-order valence-electron chi connectivity index (χ1n) is 8.07. The number of hydrogen-bond donors (Lipinski definition) is 1. The van der Waals surface area contributed by atoms with Crippen molar-refractivity contribution in [1.82, 2.24) is 4.90 Å². The van der Waals surface area contributed by atoms with E-state index in [0.717, 1.165) is 5.56 Å². The minimum Gasteiger partial charge on any atom is -0.382 e. The number of carbonyl (C=O) groups excluding carboxylic acids is 1. The molecular formula is C18H27NO4. The van der Waals surface area contributed by atoms with Gasteiger partial charge in [-0.3, -0.25) is 4.79 Å². The summed E-state index contributed by atoms with van der Waals surface area (Å²) in [6.45, 7) is 6.76. The minimum atomic E-state index is -1.46. The van der Waals surface area contributed by atoms with Crippen molar-refractivity contribution in [2.24, 2.45) is 0 Å². The number of ether oxygens (including phenoxy) is 2. The lowest BCUT2D eigenvalue weighted by Gasteiger charge is -2.41. The third-order valence-corrected chi connectivity index (χ3v) is 4.54. The summed E-state index contributed by atoms with van der Waals surface area (Å²) in [5.41, 5.74) is -0.517. The van der Waals surface area contributed by atoms with Crippen LogP contribution in [0.25, 0.3) is 0 Å². The Morgan fingerprint density at radius 2 is 2.09 bits per heavy atom. The number of hydrogen-bond acceptors (Lipinski definition) is 4. The van der Waals surface area contributed by atoms with Gasteiger partial charge < -0.3 is 19.5 Å². The van der Waals surface area contributed by atoms with Crippen LogP contribution in [-0.2, 0) is 14.3 Å². The molecule has 4 unspecified atom stereocenters. The Morgan fingerprint density at radius 1 is 1.43 bits per heavy atom. The Morgan fingerprint density at radius 3 is 2.70 bits per heavy atom.